The molecule has 0 bridgehead atoms. The minimum atomic E-state index is -3.90. The fraction of sp³-hybridized carbons (Fsp3) is 0.744. The van der Waals surface area contributed by atoms with Gasteiger partial charge in [0.05, 0.1) is 43.0 Å². The van der Waals surface area contributed by atoms with Gasteiger partial charge in [0.2, 0.25) is 27.7 Å². The average Bonchev–Trinajstić information content (AvgIpc) is 3.62. The summed E-state index contributed by atoms with van der Waals surface area (Å²) in [7, 11) is 4.60. The quantitative estimate of drug-likeness (QED) is 0.152. The molecule has 58 heavy (non-hydrogen) atoms. The number of phenolic OH excluding ortho intramolecular Hbond substituents is 1. The fourth-order valence-corrected chi connectivity index (χ4v) is 9.20. The van der Waals surface area contributed by atoms with E-state index in [2.05, 4.69) is 0 Å². The molecular weight excluding hydrogens is 765 g/mol. The van der Waals surface area contributed by atoms with Crippen LogP contribution in [-0.2, 0) is 49.9 Å². The van der Waals surface area contributed by atoms with Gasteiger partial charge in [0.15, 0.2) is 5.78 Å². The molecular formula is C43H72N4O10S. The third-order valence-electron chi connectivity index (χ3n) is 11.9. The van der Waals surface area contributed by atoms with Crippen molar-refractivity contribution in [1.29, 1.82) is 0 Å². The second-order valence-corrected chi connectivity index (χ2v) is 19.0. The van der Waals surface area contributed by atoms with E-state index in [1.165, 1.54) is 26.4 Å². The zero-order valence-electron chi connectivity index (χ0n) is 37.2. The number of ketones is 2. The van der Waals surface area contributed by atoms with E-state index in [1.807, 2.05) is 65.3 Å². The summed E-state index contributed by atoms with van der Waals surface area (Å²) in [5.74, 6) is -3.87. The van der Waals surface area contributed by atoms with Crippen molar-refractivity contribution in [3.63, 3.8) is 0 Å². The second-order valence-electron chi connectivity index (χ2n) is 17.2. The predicted molar refractivity (Wildman–Crippen MR) is 224 cm³/mol. The fourth-order valence-electron chi connectivity index (χ4n) is 8.67. The highest BCUT2D eigenvalue weighted by atomic mass is 32.2. The van der Waals surface area contributed by atoms with Crippen LogP contribution in [0, 0.1) is 35.5 Å². The number of carbonyl (C=O) groups is 5. The first-order chi connectivity index (χ1) is 27.0. The summed E-state index contributed by atoms with van der Waals surface area (Å²) in [6.45, 7) is 14.1. The lowest BCUT2D eigenvalue weighted by atomic mass is 9.83. The molecule has 0 unspecified atom stereocenters. The van der Waals surface area contributed by atoms with Gasteiger partial charge >= 0.3 is 0 Å². The number of nitrogens with zero attached hydrogens (tertiary/aromatic N) is 3. The Labute approximate surface area is 347 Å². The summed E-state index contributed by atoms with van der Waals surface area (Å²) in [4.78, 5) is 74.5. The van der Waals surface area contributed by atoms with Crippen molar-refractivity contribution in [3.8, 4) is 5.75 Å². The van der Waals surface area contributed by atoms with Gasteiger partial charge in [0, 0.05) is 58.4 Å². The predicted octanol–water partition coefficient (Wildman–Crippen LogP) is 4.32. The molecule has 3 amide bonds. The van der Waals surface area contributed by atoms with Gasteiger partial charge in [-0.2, -0.15) is 0 Å². The van der Waals surface area contributed by atoms with Crippen molar-refractivity contribution < 1.29 is 47.0 Å². The second kappa shape index (κ2) is 22.8. The topological polar surface area (TPSA) is 180 Å². The zero-order valence-corrected chi connectivity index (χ0v) is 38.0. The number of phenols is 1. The van der Waals surface area contributed by atoms with Gasteiger partial charge in [-0.05, 0) is 68.8 Å². The van der Waals surface area contributed by atoms with Crippen LogP contribution in [0.25, 0.3) is 0 Å². The van der Waals surface area contributed by atoms with E-state index in [0.717, 1.165) is 6.26 Å². The first-order valence-electron chi connectivity index (χ1n) is 20.6. The third kappa shape index (κ3) is 14.1. The van der Waals surface area contributed by atoms with Crippen LogP contribution < -0.4 is 4.72 Å². The number of aromatic hydroxyl groups is 1. The van der Waals surface area contributed by atoms with E-state index < -0.39 is 58.0 Å². The Bertz CT molecular complexity index is 1630. The first kappa shape index (κ1) is 50.7. The molecule has 1 heterocycles. The van der Waals surface area contributed by atoms with Crippen LogP contribution in [0.5, 0.6) is 5.75 Å². The summed E-state index contributed by atoms with van der Waals surface area (Å²) in [6, 6.07) is 4.87. The molecule has 330 valence electrons. The van der Waals surface area contributed by atoms with E-state index in [4.69, 9.17) is 9.47 Å². The third-order valence-corrected chi connectivity index (χ3v) is 12.5. The number of sulfonamides is 1. The van der Waals surface area contributed by atoms with E-state index in [9.17, 15) is 37.5 Å². The Kier molecular flexibility index (Phi) is 20.0. The van der Waals surface area contributed by atoms with Gasteiger partial charge in [0.25, 0.3) is 0 Å². The highest BCUT2D eigenvalue weighted by molar-refractivity contribution is 7.89. The summed E-state index contributed by atoms with van der Waals surface area (Å²) >= 11 is 0. The molecule has 2 N–H and O–H groups in total. The van der Waals surface area contributed by atoms with E-state index in [0.29, 0.717) is 31.4 Å². The molecule has 0 aromatic heterocycles. The standard InChI is InChI=1S/C43H72N4O10S/c1-14-28(6)40(46(10)43(53)33(26(2)3)24-36(50)39(27(4)5)45(8)9)37(56-11)25-38(51)47-21-15-16-34(47)41(57-12)29(7)35(49)23-31(42(52)44-58(13,54)55)22-30-17-19-32(48)20-18-30/h17-20,26-29,31,33-34,37,39-41,48H,14-16,21-25H2,1-13H3,(H,44,52)/t28-,29-,31+,33-,34-,37+,39-,40-,41+/m0/s1. The van der Waals surface area contributed by atoms with Gasteiger partial charge < -0.3 is 24.4 Å². The number of carbonyl (C=O) groups excluding carboxylic acids is 5. The van der Waals surface area contributed by atoms with Crippen LogP contribution in [0.15, 0.2) is 24.3 Å². The van der Waals surface area contributed by atoms with Crippen LogP contribution in [0.2, 0.25) is 0 Å². The Balaban J connectivity index is 2.33. The molecule has 14 nitrogen and oxygen atoms in total. The van der Waals surface area contributed by atoms with E-state index in [1.54, 1.807) is 35.9 Å². The molecule has 9 atom stereocenters. The summed E-state index contributed by atoms with van der Waals surface area (Å²) in [6.07, 6.45) is 1.31. The van der Waals surface area contributed by atoms with Gasteiger partial charge in [-0.3, -0.25) is 33.6 Å². The Morgan fingerprint density at radius 1 is 0.897 bits per heavy atom. The maximum atomic E-state index is 14.3. The Morgan fingerprint density at radius 2 is 1.50 bits per heavy atom. The maximum absolute atomic E-state index is 14.3. The largest absolute Gasteiger partial charge is 0.508 e. The van der Waals surface area contributed by atoms with Crippen molar-refractivity contribution in [2.75, 3.05) is 48.2 Å². The molecule has 1 aromatic rings. The van der Waals surface area contributed by atoms with Crippen LogP contribution in [-0.4, -0.2) is 136 Å². The summed E-state index contributed by atoms with van der Waals surface area (Å²) < 4.78 is 37.9. The number of Topliss-reactive ketones (excluding diaryl/α,β-unsaturated/α-hetero) is 2. The van der Waals surface area contributed by atoms with Crippen molar-refractivity contribution in [3.05, 3.63) is 29.8 Å². The molecule has 15 heteroatoms. The summed E-state index contributed by atoms with van der Waals surface area (Å²) in [5.41, 5.74) is 0.635. The van der Waals surface area contributed by atoms with Crippen LogP contribution in [0.3, 0.4) is 0 Å². The number of benzene rings is 1. The highest BCUT2D eigenvalue weighted by Crippen LogP contribution is 2.32. The normalized spacial score (nSPS) is 19.0. The Hall–Kier alpha value is -3.40. The highest BCUT2D eigenvalue weighted by Gasteiger charge is 2.43. The Morgan fingerprint density at radius 3 is 1.98 bits per heavy atom. The first-order valence-corrected chi connectivity index (χ1v) is 22.5. The van der Waals surface area contributed by atoms with E-state index in [-0.39, 0.29) is 78.6 Å². The number of methoxy groups -OCH3 is 2. The lowest BCUT2D eigenvalue weighted by Crippen LogP contribution is -2.54. The molecule has 1 aromatic carbocycles. The van der Waals surface area contributed by atoms with Crippen LogP contribution >= 0.6 is 0 Å². The minimum absolute atomic E-state index is 0.0181. The SMILES string of the molecule is CC[C@H](C)[C@@H]([C@@H](CC(=O)N1CCC[C@H]1[C@H](OC)[C@@H](C)C(=O)C[C@@H](Cc1ccc(O)cc1)C(=O)NS(C)(=O)=O)OC)N(C)C(=O)[C@@H](CC(=O)[C@H](C(C)C)N(C)C)C(C)C. The monoisotopic (exact) mass is 836 g/mol. The number of hydrogen-bond donors (Lipinski definition) is 2. The smallest absolute Gasteiger partial charge is 0.237 e. The molecule has 1 saturated heterocycles. The summed E-state index contributed by atoms with van der Waals surface area (Å²) in [5, 5.41) is 9.71. The molecule has 1 fully saturated rings. The number of hydrogen-bond acceptors (Lipinski definition) is 11. The molecule has 0 radical (unpaired) electrons. The lowest BCUT2D eigenvalue weighted by Gasteiger charge is -2.41. The van der Waals surface area contributed by atoms with Crippen molar-refractivity contribution in [2.24, 2.45) is 35.5 Å². The molecule has 1 aliphatic heterocycles. The van der Waals surface area contributed by atoms with Gasteiger partial charge in [-0.1, -0.05) is 67.0 Å². The average molecular weight is 837 g/mol. The van der Waals surface area contributed by atoms with Crippen LogP contribution in [0.4, 0.5) is 0 Å². The zero-order chi connectivity index (χ0) is 44.2. The molecule has 0 spiro atoms. The number of likely N-dealkylation sites (tertiary alicyclic amines) is 1. The van der Waals surface area contributed by atoms with Gasteiger partial charge in [-0.15, -0.1) is 0 Å². The molecule has 0 aliphatic carbocycles. The number of amides is 3. The number of ether oxygens (including phenoxy) is 2. The molecule has 2 rings (SSSR count). The van der Waals surface area contributed by atoms with Gasteiger partial charge in [0.1, 0.15) is 11.5 Å². The number of rotatable bonds is 24. The van der Waals surface area contributed by atoms with Crippen molar-refractivity contribution >= 4 is 39.3 Å². The van der Waals surface area contributed by atoms with Crippen molar-refractivity contribution in [1.82, 2.24) is 19.4 Å². The molecule has 1 aliphatic rings. The number of likely N-dealkylation sites (N-methyl/N-ethyl adjacent to an activating group) is 2. The lowest BCUT2D eigenvalue weighted by molar-refractivity contribution is -0.149. The van der Waals surface area contributed by atoms with Crippen molar-refractivity contribution in [2.45, 2.75) is 124 Å². The number of nitrogens with one attached hydrogen (secondary N) is 1. The van der Waals surface area contributed by atoms with E-state index >= 15 is 0 Å². The minimum Gasteiger partial charge on any atom is -0.508 e. The van der Waals surface area contributed by atoms with Gasteiger partial charge in [-0.25, -0.2) is 8.42 Å². The van der Waals surface area contributed by atoms with Crippen LogP contribution in [0.1, 0.15) is 92.6 Å². The molecule has 0 saturated carbocycles. The maximum Gasteiger partial charge on any atom is 0.237 e.